The van der Waals surface area contributed by atoms with Crippen molar-refractivity contribution in [3.8, 4) is 0 Å². The number of carbonyl (C=O) groups excluding carboxylic acids is 2. The molecule has 78 heavy (non-hydrogen) atoms. The minimum Gasteiger partial charge on any atom is -0.456 e. The summed E-state index contributed by atoms with van der Waals surface area (Å²) < 4.78 is 30.6. The third kappa shape index (κ3) is 56.6. The van der Waals surface area contributed by atoms with Crippen LogP contribution in [0.25, 0.3) is 0 Å². The first kappa shape index (κ1) is 73.9. The Hall–Kier alpha value is -4.11. The molecule has 1 amide bonds. The van der Waals surface area contributed by atoms with E-state index < -0.39 is 20.0 Å². The van der Waals surface area contributed by atoms with Crippen LogP contribution >= 0.6 is 7.82 Å². The molecule has 10 heteroatoms. The number of amides is 1. The van der Waals surface area contributed by atoms with Gasteiger partial charge in [-0.1, -0.05) is 238 Å². The molecule has 2 N–H and O–H groups in total. The molecule has 9 nitrogen and oxygen atoms in total. The summed E-state index contributed by atoms with van der Waals surface area (Å²) in [6.07, 6.45) is 81.6. The maximum atomic E-state index is 13.5. The molecule has 0 heterocycles. The lowest BCUT2D eigenvalue weighted by Crippen LogP contribution is -2.47. The number of phosphoric acid groups is 1. The molecule has 0 fully saturated rings. The number of hydrogen-bond donors (Lipinski definition) is 2. The van der Waals surface area contributed by atoms with E-state index in [9.17, 15) is 19.0 Å². The minimum absolute atomic E-state index is 0.0160. The molecule has 0 radical (unpaired) electrons. The van der Waals surface area contributed by atoms with E-state index in [1.165, 1.54) is 44.9 Å². The van der Waals surface area contributed by atoms with Crippen molar-refractivity contribution in [2.45, 2.75) is 232 Å². The van der Waals surface area contributed by atoms with E-state index in [4.69, 9.17) is 13.8 Å². The van der Waals surface area contributed by atoms with Crippen LogP contribution in [-0.4, -0.2) is 74.3 Å². The van der Waals surface area contributed by atoms with Crippen molar-refractivity contribution >= 4 is 19.7 Å². The van der Waals surface area contributed by atoms with Crippen LogP contribution in [0.3, 0.4) is 0 Å². The molecular weight excluding hydrogens is 988 g/mol. The second-order valence-electron chi connectivity index (χ2n) is 21.1. The maximum absolute atomic E-state index is 13.5. The largest absolute Gasteiger partial charge is 0.472 e. The van der Waals surface area contributed by atoms with Crippen molar-refractivity contribution in [1.29, 1.82) is 0 Å². The van der Waals surface area contributed by atoms with Gasteiger partial charge in [-0.3, -0.25) is 18.6 Å². The topological polar surface area (TPSA) is 111 Å². The van der Waals surface area contributed by atoms with Crippen molar-refractivity contribution in [1.82, 2.24) is 5.32 Å². The summed E-state index contributed by atoms with van der Waals surface area (Å²) in [4.78, 5) is 37.6. The average Bonchev–Trinajstić information content (AvgIpc) is 3.41. The first-order chi connectivity index (χ1) is 37.9. The molecule has 0 aliphatic carbocycles. The van der Waals surface area contributed by atoms with Crippen LogP contribution in [0.5, 0.6) is 0 Å². The number of esters is 1. The summed E-state index contributed by atoms with van der Waals surface area (Å²) >= 11 is 0. The van der Waals surface area contributed by atoms with E-state index in [0.717, 1.165) is 128 Å². The number of nitrogens with zero attached hydrogens (tertiary/aromatic N) is 1. The van der Waals surface area contributed by atoms with Crippen LogP contribution in [-0.2, 0) is 27.9 Å². The van der Waals surface area contributed by atoms with Gasteiger partial charge in [0.25, 0.3) is 0 Å². The number of likely N-dealkylation sites (N-methyl/N-ethyl adjacent to an activating group) is 1. The SMILES string of the molecule is CC/C=C\C/C=C\C/C=C\C/C=C\C/C=C\C/C=C\CCCCCCCCC(=O)OC(/C=C\CCCCCCCCCCC)C(COP(=O)(O)OCC[N+](C)(C)C)NC(=O)CC/C=C/C/C=C/C/C=C/C/C=C/C/C=C/CC. The molecule has 0 aromatic carbocycles. The van der Waals surface area contributed by atoms with E-state index >= 15 is 0 Å². The van der Waals surface area contributed by atoms with Crippen LogP contribution in [0.4, 0.5) is 0 Å². The molecule has 0 aliphatic heterocycles. The summed E-state index contributed by atoms with van der Waals surface area (Å²) in [5.74, 6) is -0.632. The Morgan fingerprint density at radius 3 is 1.26 bits per heavy atom. The molecule has 0 rings (SSSR count). The molecule has 3 atom stereocenters. The van der Waals surface area contributed by atoms with E-state index in [2.05, 4.69) is 148 Å². The highest BCUT2D eigenvalue weighted by molar-refractivity contribution is 7.47. The molecule has 0 bridgehead atoms. The first-order valence-electron chi connectivity index (χ1n) is 30.7. The van der Waals surface area contributed by atoms with E-state index in [1.54, 1.807) is 0 Å². The zero-order valence-electron chi connectivity index (χ0n) is 50.3. The number of ether oxygens (including phenoxy) is 1. The van der Waals surface area contributed by atoms with Gasteiger partial charge in [-0.2, -0.15) is 0 Å². The predicted octanol–water partition coefficient (Wildman–Crippen LogP) is 19.0. The van der Waals surface area contributed by atoms with Crippen molar-refractivity contribution in [3.63, 3.8) is 0 Å². The molecule has 3 unspecified atom stereocenters. The lowest BCUT2D eigenvalue weighted by Gasteiger charge is -2.27. The number of nitrogens with one attached hydrogen (secondary N) is 1. The fourth-order valence-corrected chi connectivity index (χ4v) is 8.61. The molecule has 442 valence electrons. The van der Waals surface area contributed by atoms with Gasteiger partial charge in [0.2, 0.25) is 5.91 Å². The van der Waals surface area contributed by atoms with Crippen molar-refractivity contribution in [2.75, 3.05) is 40.9 Å². The quantitative estimate of drug-likeness (QED) is 0.0205. The highest BCUT2D eigenvalue weighted by Crippen LogP contribution is 2.43. The summed E-state index contributed by atoms with van der Waals surface area (Å²) in [5, 5.41) is 2.99. The maximum Gasteiger partial charge on any atom is 0.472 e. The molecule has 0 saturated heterocycles. The second-order valence-corrected chi connectivity index (χ2v) is 22.6. The van der Waals surface area contributed by atoms with Gasteiger partial charge in [-0.25, -0.2) is 4.57 Å². The minimum atomic E-state index is -4.48. The van der Waals surface area contributed by atoms with Gasteiger partial charge >= 0.3 is 13.8 Å². The van der Waals surface area contributed by atoms with Crippen LogP contribution in [0.2, 0.25) is 0 Å². The molecule has 0 saturated carbocycles. The van der Waals surface area contributed by atoms with E-state index in [-0.39, 0.29) is 37.9 Å². The van der Waals surface area contributed by atoms with E-state index in [1.807, 2.05) is 45.4 Å². The first-order valence-corrected chi connectivity index (χ1v) is 32.2. The Labute approximate surface area is 478 Å². The number of carbonyl (C=O) groups is 2. The van der Waals surface area contributed by atoms with Crippen molar-refractivity contribution in [2.24, 2.45) is 0 Å². The molecular formula is C68H114N2O7P+. The lowest BCUT2D eigenvalue weighted by atomic mass is 10.1. The van der Waals surface area contributed by atoms with Crippen LogP contribution in [0.1, 0.15) is 220 Å². The number of unbranched alkanes of at least 4 members (excludes halogenated alkanes) is 15. The van der Waals surface area contributed by atoms with Gasteiger partial charge in [-0.15, -0.1) is 0 Å². The lowest BCUT2D eigenvalue weighted by molar-refractivity contribution is -0.870. The number of quaternary nitrogens is 1. The Kier molecular flexibility index (Phi) is 53.2. The number of phosphoric ester groups is 1. The molecule has 0 spiro atoms. The fourth-order valence-electron chi connectivity index (χ4n) is 7.87. The highest BCUT2D eigenvalue weighted by atomic mass is 31.2. The second kappa shape index (κ2) is 56.2. The standard InChI is InChI=1S/C68H113N2O7P/c1-7-10-13-16-19-22-25-27-29-31-32-33-34-35-36-37-38-39-41-43-46-49-52-55-58-61-68(72)77-66(59-56-53-50-47-44-24-21-18-15-12-9-3)65(64-76-78(73,74)75-63-62-70(4,5)6)69-67(71)60-57-54-51-48-45-42-40-30-28-26-23-20-17-14-11-8-2/h10-11,13-14,19-20,22-23,27-30,32-33,35-36,38-39,42,45,51,54,56,59,65-66H,7-9,12,15-18,21,24-26,31,34,37,40-41,43-44,46-50,52-53,55,57-58,60-64H2,1-6H3,(H-,69,71,73,74)/p+1/b13-10-,14-11+,22-19-,23-20+,29-27-,30-28+,33-32-,36-35-,39-38-,45-42+,54-51+,59-56-. The Bertz CT molecular complexity index is 1840. The van der Waals surface area contributed by atoms with E-state index in [0.29, 0.717) is 23.9 Å². The van der Waals surface area contributed by atoms with Crippen molar-refractivity contribution in [3.05, 3.63) is 146 Å². The van der Waals surface area contributed by atoms with Gasteiger partial charge in [0.1, 0.15) is 19.3 Å². The van der Waals surface area contributed by atoms with Gasteiger partial charge in [0, 0.05) is 12.8 Å². The number of hydrogen-bond acceptors (Lipinski definition) is 6. The Balaban J connectivity index is 5.31. The average molecular weight is 1100 g/mol. The predicted molar refractivity (Wildman–Crippen MR) is 336 cm³/mol. The van der Waals surface area contributed by atoms with Crippen LogP contribution in [0, 0.1) is 0 Å². The number of rotatable bonds is 53. The Morgan fingerprint density at radius 2 is 0.833 bits per heavy atom. The summed E-state index contributed by atoms with van der Waals surface area (Å²) in [7, 11) is 1.42. The van der Waals surface area contributed by atoms with Gasteiger partial charge in [0.15, 0.2) is 0 Å². The highest BCUT2D eigenvalue weighted by Gasteiger charge is 2.30. The van der Waals surface area contributed by atoms with Crippen molar-refractivity contribution < 1.29 is 37.3 Å². The molecule has 0 aromatic heterocycles. The van der Waals surface area contributed by atoms with Gasteiger partial charge < -0.3 is 19.4 Å². The Morgan fingerprint density at radius 1 is 0.462 bits per heavy atom. The van der Waals surface area contributed by atoms with Gasteiger partial charge in [0.05, 0.1) is 33.8 Å². The van der Waals surface area contributed by atoms with Gasteiger partial charge in [-0.05, 0) is 115 Å². The molecule has 0 aromatic rings. The third-order valence-corrected chi connectivity index (χ3v) is 13.5. The normalized spacial score (nSPS) is 14.7. The number of allylic oxidation sites excluding steroid dienone is 23. The monoisotopic (exact) mass is 1100 g/mol. The summed E-state index contributed by atoms with van der Waals surface area (Å²) in [6, 6.07) is -0.905. The smallest absolute Gasteiger partial charge is 0.456 e. The molecule has 0 aliphatic rings. The summed E-state index contributed by atoms with van der Waals surface area (Å²) in [6.45, 7) is 6.68. The van der Waals surface area contributed by atoms with Crippen LogP contribution in [0.15, 0.2) is 146 Å². The van der Waals surface area contributed by atoms with Crippen LogP contribution < -0.4 is 5.32 Å². The zero-order valence-corrected chi connectivity index (χ0v) is 51.2. The third-order valence-electron chi connectivity index (χ3n) is 12.5. The fraction of sp³-hybridized carbons (Fsp3) is 0.618. The summed E-state index contributed by atoms with van der Waals surface area (Å²) in [5.41, 5.74) is 0. The zero-order chi connectivity index (χ0) is 57.2.